The summed E-state index contributed by atoms with van der Waals surface area (Å²) in [5, 5.41) is 0.281. The van der Waals surface area contributed by atoms with E-state index in [9.17, 15) is 17.6 Å². The molecule has 0 bridgehead atoms. The fourth-order valence-electron chi connectivity index (χ4n) is 2.06. The lowest BCUT2D eigenvalue weighted by Crippen LogP contribution is -2.36. The van der Waals surface area contributed by atoms with Crippen LogP contribution in [0, 0.1) is 5.82 Å². The van der Waals surface area contributed by atoms with Crippen LogP contribution in [0.25, 0.3) is 0 Å². The molecule has 0 N–H and O–H groups in total. The molecule has 2 aromatic carbocycles. The molecule has 0 atom stereocenters. The smallest absolute Gasteiger partial charge is 0.326 e. The molecule has 0 aliphatic rings. The molecule has 2 aromatic rings. The first-order valence-corrected chi connectivity index (χ1v) is 8.80. The number of rotatable bonds is 6. The van der Waals surface area contributed by atoms with Gasteiger partial charge in [0.1, 0.15) is 6.54 Å². The Morgan fingerprint density at radius 3 is 2.48 bits per heavy atom. The summed E-state index contributed by atoms with van der Waals surface area (Å²) < 4.78 is 49.9. The molecule has 0 unspecified atom stereocenters. The Balaban J connectivity index is 2.55. The van der Waals surface area contributed by atoms with Crippen molar-refractivity contribution in [3.8, 4) is 5.75 Å². The second-order valence-corrected chi connectivity index (χ2v) is 7.16. The molecular formula is C16H15ClFNO5S. The molecule has 0 fully saturated rings. The van der Waals surface area contributed by atoms with E-state index < -0.39 is 28.4 Å². The number of carbonyl (C=O) groups is 1. The molecule has 0 amide bonds. The van der Waals surface area contributed by atoms with Gasteiger partial charge < -0.3 is 9.47 Å². The molecule has 6 nitrogen and oxygen atoms in total. The van der Waals surface area contributed by atoms with Gasteiger partial charge in [-0.25, -0.2) is 12.8 Å². The third kappa shape index (κ3) is 4.21. The molecule has 2 rings (SSSR count). The molecule has 0 heterocycles. The number of nitrogens with zero attached hydrogens (tertiary/aromatic N) is 1. The lowest BCUT2D eigenvalue weighted by molar-refractivity contribution is -0.138. The van der Waals surface area contributed by atoms with Crippen LogP contribution >= 0.6 is 11.6 Å². The summed E-state index contributed by atoms with van der Waals surface area (Å²) in [6.07, 6.45) is 0. The Morgan fingerprint density at radius 2 is 1.92 bits per heavy atom. The fourth-order valence-corrected chi connectivity index (χ4v) is 3.66. The van der Waals surface area contributed by atoms with Crippen molar-refractivity contribution in [2.75, 3.05) is 25.1 Å². The molecule has 134 valence electrons. The number of methoxy groups -OCH3 is 2. The molecule has 25 heavy (non-hydrogen) atoms. The van der Waals surface area contributed by atoms with Gasteiger partial charge in [-0.15, -0.1) is 0 Å². The van der Waals surface area contributed by atoms with Crippen LogP contribution in [0.15, 0.2) is 47.4 Å². The second kappa shape index (κ2) is 7.71. The molecule has 0 radical (unpaired) electrons. The molecule has 9 heteroatoms. The van der Waals surface area contributed by atoms with Gasteiger partial charge in [0, 0.05) is 5.02 Å². The number of hydrogen-bond donors (Lipinski definition) is 0. The third-order valence-electron chi connectivity index (χ3n) is 3.31. The fraction of sp³-hybridized carbons (Fsp3) is 0.188. The zero-order valence-corrected chi connectivity index (χ0v) is 15.0. The highest BCUT2D eigenvalue weighted by Gasteiger charge is 2.28. The van der Waals surface area contributed by atoms with Crippen molar-refractivity contribution in [2.24, 2.45) is 0 Å². The molecule has 0 spiro atoms. The first-order valence-electron chi connectivity index (χ1n) is 6.98. The van der Waals surface area contributed by atoms with Gasteiger partial charge in [0.05, 0.1) is 24.8 Å². The number of anilines is 1. The number of esters is 1. The number of sulfonamides is 1. The third-order valence-corrected chi connectivity index (χ3v) is 5.31. The van der Waals surface area contributed by atoms with E-state index in [0.29, 0.717) is 0 Å². The average molecular weight is 388 g/mol. The molecule has 0 saturated heterocycles. The van der Waals surface area contributed by atoms with Gasteiger partial charge >= 0.3 is 5.97 Å². The van der Waals surface area contributed by atoms with Crippen LogP contribution in [0.4, 0.5) is 10.1 Å². The standard InChI is InChI=1S/C16H15ClFNO5S/c1-23-15-7-6-13(9-14(15)18)25(21,22)19(10-16(20)24-2)12-5-3-4-11(17)8-12/h3-9H,10H2,1-2H3. The van der Waals surface area contributed by atoms with E-state index in [-0.39, 0.29) is 21.4 Å². The monoisotopic (exact) mass is 387 g/mol. The molecule has 0 aliphatic carbocycles. The van der Waals surface area contributed by atoms with Gasteiger partial charge in [-0.3, -0.25) is 9.10 Å². The predicted molar refractivity (Wildman–Crippen MR) is 91.0 cm³/mol. The highest BCUT2D eigenvalue weighted by molar-refractivity contribution is 7.92. The molecular weight excluding hydrogens is 373 g/mol. The van der Waals surface area contributed by atoms with E-state index in [0.717, 1.165) is 17.5 Å². The Morgan fingerprint density at radius 1 is 1.20 bits per heavy atom. The van der Waals surface area contributed by atoms with Crippen molar-refractivity contribution < 1.29 is 27.1 Å². The van der Waals surface area contributed by atoms with Crippen LogP contribution in [0.3, 0.4) is 0 Å². The summed E-state index contributed by atoms with van der Waals surface area (Å²) in [5.74, 6) is -1.72. The van der Waals surface area contributed by atoms with Crippen molar-refractivity contribution in [1.82, 2.24) is 0 Å². The van der Waals surface area contributed by atoms with Crippen LogP contribution in [0.1, 0.15) is 0 Å². The van der Waals surface area contributed by atoms with Crippen molar-refractivity contribution in [2.45, 2.75) is 4.90 Å². The van der Waals surface area contributed by atoms with Crippen molar-refractivity contribution in [1.29, 1.82) is 0 Å². The van der Waals surface area contributed by atoms with Gasteiger partial charge in [0.2, 0.25) is 0 Å². The van der Waals surface area contributed by atoms with Crippen molar-refractivity contribution in [3.05, 3.63) is 53.3 Å². The number of halogens is 2. The van der Waals surface area contributed by atoms with Crippen LogP contribution < -0.4 is 9.04 Å². The van der Waals surface area contributed by atoms with Crippen molar-refractivity contribution >= 4 is 33.3 Å². The quantitative estimate of drug-likeness (QED) is 0.712. The average Bonchev–Trinajstić information content (AvgIpc) is 2.59. The predicted octanol–water partition coefficient (Wildman–Crippen LogP) is 2.86. The first kappa shape index (κ1) is 19.0. The van der Waals surface area contributed by atoms with E-state index in [1.807, 2.05) is 0 Å². The minimum atomic E-state index is -4.25. The molecule has 0 aromatic heterocycles. The number of carbonyl (C=O) groups excluding carboxylic acids is 1. The molecule has 0 aliphatic heterocycles. The van der Waals surface area contributed by atoms with Crippen molar-refractivity contribution in [3.63, 3.8) is 0 Å². The number of ether oxygens (including phenoxy) is 2. The lowest BCUT2D eigenvalue weighted by atomic mass is 10.3. The maximum Gasteiger partial charge on any atom is 0.326 e. The maximum absolute atomic E-state index is 13.9. The lowest BCUT2D eigenvalue weighted by Gasteiger charge is -2.23. The summed E-state index contributed by atoms with van der Waals surface area (Å²) in [6.45, 7) is -0.590. The SMILES string of the molecule is COC(=O)CN(c1cccc(Cl)c1)S(=O)(=O)c1ccc(OC)c(F)c1. The number of benzene rings is 2. The Bertz CT molecular complexity index is 888. The molecule has 0 saturated carbocycles. The summed E-state index contributed by atoms with van der Waals surface area (Å²) in [7, 11) is -1.84. The van der Waals surface area contributed by atoms with E-state index in [1.54, 1.807) is 6.07 Å². The van der Waals surface area contributed by atoms with Gasteiger partial charge in [-0.05, 0) is 36.4 Å². The minimum absolute atomic E-state index is 0.0961. The Hall–Kier alpha value is -2.32. The second-order valence-electron chi connectivity index (χ2n) is 4.86. The Kier molecular flexibility index (Phi) is 5.86. The first-order chi connectivity index (χ1) is 11.8. The van der Waals surface area contributed by atoms with E-state index in [4.69, 9.17) is 16.3 Å². The van der Waals surface area contributed by atoms with Gasteiger partial charge in [-0.1, -0.05) is 17.7 Å². The van der Waals surface area contributed by atoms with Crippen LogP contribution in [-0.4, -0.2) is 35.2 Å². The topological polar surface area (TPSA) is 72.9 Å². The normalized spacial score (nSPS) is 11.0. The Labute approximate surface area is 149 Å². The van der Waals surface area contributed by atoms with Gasteiger partial charge in [0.25, 0.3) is 10.0 Å². The van der Waals surface area contributed by atoms with Crippen LogP contribution in [0.5, 0.6) is 5.75 Å². The van der Waals surface area contributed by atoms with Gasteiger partial charge in [0.15, 0.2) is 11.6 Å². The highest BCUT2D eigenvalue weighted by Crippen LogP contribution is 2.28. The highest BCUT2D eigenvalue weighted by atomic mass is 35.5. The summed E-state index contributed by atoms with van der Waals surface area (Å²) in [5.41, 5.74) is 0.147. The minimum Gasteiger partial charge on any atom is -0.494 e. The number of hydrogen-bond acceptors (Lipinski definition) is 5. The van der Waals surface area contributed by atoms with Crippen LogP contribution in [-0.2, 0) is 19.6 Å². The largest absolute Gasteiger partial charge is 0.494 e. The maximum atomic E-state index is 13.9. The van der Waals surface area contributed by atoms with E-state index >= 15 is 0 Å². The van der Waals surface area contributed by atoms with Gasteiger partial charge in [-0.2, -0.15) is 0 Å². The summed E-state index contributed by atoms with van der Waals surface area (Å²) >= 11 is 5.91. The zero-order chi connectivity index (χ0) is 18.6. The summed E-state index contributed by atoms with van der Waals surface area (Å²) in [4.78, 5) is 11.3. The van der Waals surface area contributed by atoms with E-state index in [1.165, 1.54) is 37.4 Å². The zero-order valence-electron chi connectivity index (χ0n) is 13.4. The van der Waals surface area contributed by atoms with E-state index in [2.05, 4.69) is 4.74 Å². The van der Waals surface area contributed by atoms with Crippen LogP contribution in [0.2, 0.25) is 5.02 Å². The summed E-state index contributed by atoms with van der Waals surface area (Å²) in [6, 6.07) is 9.13.